The van der Waals surface area contributed by atoms with Crippen LogP contribution < -0.4 is 11.1 Å². The van der Waals surface area contributed by atoms with E-state index in [9.17, 15) is 4.79 Å². The summed E-state index contributed by atoms with van der Waals surface area (Å²) >= 11 is 0. The number of hydrogen-bond acceptors (Lipinski definition) is 3. The molecule has 6 heteroatoms. The second kappa shape index (κ2) is 10.7. The van der Waals surface area contributed by atoms with Crippen LogP contribution in [0, 0.1) is 11.8 Å². The fraction of sp³-hybridized carbons (Fsp3) is 0.938. The maximum atomic E-state index is 12.3. The minimum absolute atomic E-state index is 0. The monoisotopic (exact) mass is 353 g/mol. The lowest BCUT2D eigenvalue weighted by Crippen LogP contribution is -2.47. The highest BCUT2D eigenvalue weighted by Crippen LogP contribution is 2.23. The van der Waals surface area contributed by atoms with Gasteiger partial charge < -0.3 is 16.0 Å². The minimum Gasteiger partial charge on any atom is -0.352 e. The fourth-order valence-electron chi connectivity index (χ4n) is 3.71. The Morgan fingerprint density at radius 3 is 2.64 bits per heavy atom. The molecule has 1 saturated heterocycles. The van der Waals surface area contributed by atoms with E-state index in [0.717, 1.165) is 38.1 Å². The molecule has 0 radical (unpaired) electrons. The normalized spacial score (nSPS) is 30.6. The van der Waals surface area contributed by atoms with Gasteiger partial charge in [0, 0.05) is 31.1 Å². The van der Waals surface area contributed by atoms with E-state index < -0.39 is 0 Å². The highest BCUT2D eigenvalue weighted by Gasteiger charge is 2.26. The lowest BCUT2D eigenvalue weighted by Gasteiger charge is -2.33. The van der Waals surface area contributed by atoms with Crippen LogP contribution >= 0.6 is 24.8 Å². The third-order valence-corrected chi connectivity index (χ3v) is 4.75. The molecule has 0 aromatic carbocycles. The van der Waals surface area contributed by atoms with Gasteiger partial charge in [0.25, 0.3) is 0 Å². The number of rotatable bonds is 4. The van der Waals surface area contributed by atoms with Crippen molar-refractivity contribution in [1.29, 1.82) is 0 Å². The van der Waals surface area contributed by atoms with Crippen molar-refractivity contribution in [3.05, 3.63) is 0 Å². The first-order valence-corrected chi connectivity index (χ1v) is 8.33. The Morgan fingerprint density at radius 2 is 2.00 bits per heavy atom. The van der Waals surface area contributed by atoms with Gasteiger partial charge in [-0.15, -0.1) is 24.8 Å². The molecule has 4 unspecified atom stereocenters. The molecule has 0 aromatic rings. The van der Waals surface area contributed by atoms with Gasteiger partial charge in [0.1, 0.15) is 0 Å². The second-order valence-electron chi connectivity index (χ2n) is 7.04. The van der Waals surface area contributed by atoms with Crippen LogP contribution in [0.1, 0.15) is 52.4 Å². The first-order valence-electron chi connectivity index (χ1n) is 8.33. The third-order valence-electron chi connectivity index (χ3n) is 4.75. The highest BCUT2D eigenvalue weighted by atomic mass is 35.5. The predicted molar refractivity (Wildman–Crippen MR) is 96.9 cm³/mol. The highest BCUT2D eigenvalue weighted by molar-refractivity contribution is 5.85. The summed E-state index contributed by atoms with van der Waals surface area (Å²) in [6.45, 7) is 7.78. The molecular weight excluding hydrogens is 321 g/mol. The Balaban J connectivity index is 0.00000220. The van der Waals surface area contributed by atoms with Crippen LogP contribution in [0.2, 0.25) is 0 Å². The number of nitrogens with one attached hydrogen (secondary N) is 1. The zero-order chi connectivity index (χ0) is 14.5. The molecule has 2 fully saturated rings. The van der Waals surface area contributed by atoms with Gasteiger partial charge in [-0.05, 0) is 51.5 Å². The summed E-state index contributed by atoms with van der Waals surface area (Å²) < 4.78 is 0. The zero-order valence-electron chi connectivity index (χ0n) is 13.9. The summed E-state index contributed by atoms with van der Waals surface area (Å²) in [6, 6.07) is 0.462. The number of nitrogens with two attached hydrogens (primary N) is 1. The Labute approximate surface area is 147 Å². The summed E-state index contributed by atoms with van der Waals surface area (Å²) in [7, 11) is 0. The van der Waals surface area contributed by atoms with Crippen molar-refractivity contribution in [3.63, 3.8) is 0 Å². The van der Waals surface area contributed by atoms with Gasteiger partial charge in [-0.25, -0.2) is 0 Å². The maximum Gasteiger partial charge on any atom is 0.223 e. The van der Waals surface area contributed by atoms with E-state index in [1.165, 1.54) is 25.9 Å². The standard InChI is InChI=1S/C16H31N3O.2ClH/c1-12-5-4-8-19(10-12)11-13(2)18-16(20)14-6-3-7-15(17)9-14;;/h12-15H,3-11,17H2,1-2H3,(H,18,20);2*1H. The smallest absolute Gasteiger partial charge is 0.223 e. The van der Waals surface area contributed by atoms with E-state index in [1.807, 2.05) is 0 Å². The number of carbonyl (C=O) groups excluding carboxylic acids is 1. The second-order valence-corrected chi connectivity index (χ2v) is 7.04. The minimum atomic E-state index is 0. The molecular formula is C16H33Cl2N3O. The average Bonchev–Trinajstić information content (AvgIpc) is 2.38. The number of halogens is 2. The van der Waals surface area contributed by atoms with Gasteiger partial charge in [0.15, 0.2) is 0 Å². The van der Waals surface area contributed by atoms with E-state index >= 15 is 0 Å². The van der Waals surface area contributed by atoms with Gasteiger partial charge in [0.05, 0.1) is 0 Å². The third kappa shape index (κ3) is 7.03. The summed E-state index contributed by atoms with van der Waals surface area (Å²) in [4.78, 5) is 14.8. The molecule has 0 aromatic heterocycles. The number of piperidine rings is 1. The molecule has 2 rings (SSSR count). The van der Waals surface area contributed by atoms with Crippen molar-refractivity contribution in [2.24, 2.45) is 17.6 Å². The Hall–Kier alpha value is -0.0300. The van der Waals surface area contributed by atoms with Crippen molar-refractivity contribution in [3.8, 4) is 0 Å². The van der Waals surface area contributed by atoms with E-state index in [1.54, 1.807) is 0 Å². The molecule has 1 aliphatic carbocycles. The van der Waals surface area contributed by atoms with Crippen LogP contribution in [-0.4, -0.2) is 42.5 Å². The molecule has 22 heavy (non-hydrogen) atoms. The molecule has 132 valence electrons. The van der Waals surface area contributed by atoms with Gasteiger partial charge in [0.2, 0.25) is 5.91 Å². The number of nitrogens with zero attached hydrogens (tertiary/aromatic N) is 1. The lowest BCUT2D eigenvalue weighted by molar-refractivity contribution is -0.126. The summed E-state index contributed by atoms with van der Waals surface area (Å²) in [5.74, 6) is 1.15. The summed E-state index contributed by atoms with van der Waals surface area (Å²) in [6.07, 6.45) is 6.67. The lowest BCUT2D eigenvalue weighted by atomic mass is 9.85. The number of carbonyl (C=O) groups is 1. The van der Waals surface area contributed by atoms with E-state index in [0.29, 0.717) is 0 Å². The van der Waals surface area contributed by atoms with Crippen LogP contribution in [0.15, 0.2) is 0 Å². The van der Waals surface area contributed by atoms with Crippen molar-refractivity contribution in [1.82, 2.24) is 10.2 Å². The van der Waals surface area contributed by atoms with Crippen molar-refractivity contribution < 1.29 is 4.79 Å². The molecule has 0 bridgehead atoms. The van der Waals surface area contributed by atoms with Gasteiger partial charge >= 0.3 is 0 Å². The first kappa shape index (κ1) is 22.0. The molecule has 1 aliphatic heterocycles. The Bertz CT molecular complexity index is 331. The topological polar surface area (TPSA) is 58.4 Å². The van der Waals surface area contributed by atoms with Crippen LogP contribution in [0.3, 0.4) is 0 Å². The molecule has 4 atom stereocenters. The van der Waals surface area contributed by atoms with Crippen LogP contribution in [-0.2, 0) is 4.79 Å². The summed E-state index contributed by atoms with van der Waals surface area (Å²) in [5, 5.41) is 3.20. The van der Waals surface area contributed by atoms with Crippen LogP contribution in [0.4, 0.5) is 0 Å². The number of amides is 1. The Morgan fingerprint density at radius 1 is 1.27 bits per heavy atom. The van der Waals surface area contributed by atoms with Crippen LogP contribution in [0.5, 0.6) is 0 Å². The quantitative estimate of drug-likeness (QED) is 0.816. The molecule has 1 saturated carbocycles. The maximum absolute atomic E-state index is 12.3. The van der Waals surface area contributed by atoms with Gasteiger partial charge in [-0.3, -0.25) is 4.79 Å². The molecule has 3 N–H and O–H groups in total. The van der Waals surface area contributed by atoms with Gasteiger partial charge in [-0.1, -0.05) is 13.3 Å². The van der Waals surface area contributed by atoms with Crippen molar-refractivity contribution in [2.75, 3.05) is 19.6 Å². The molecule has 2 aliphatic rings. The van der Waals surface area contributed by atoms with Crippen molar-refractivity contribution in [2.45, 2.75) is 64.5 Å². The predicted octanol–water partition coefficient (Wildman–Crippen LogP) is 2.58. The number of likely N-dealkylation sites (tertiary alicyclic amines) is 1. The van der Waals surface area contributed by atoms with E-state index in [-0.39, 0.29) is 48.7 Å². The number of hydrogen-bond donors (Lipinski definition) is 2. The SMILES string of the molecule is CC1CCCN(CC(C)NC(=O)C2CCCC(N)C2)C1.Cl.Cl. The van der Waals surface area contributed by atoms with Crippen molar-refractivity contribution >= 4 is 30.7 Å². The summed E-state index contributed by atoms with van der Waals surface area (Å²) in [5.41, 5.74) is 5.97. The Kier molecular flexibility index (Phi) is 10.7. The van der Waals surface area contributed by atoms with E-state index in [2.05, 4.69) is 24.1 Å². The first-order chi connectivity index (χ1) is 9.54. The molecule has 1 amide bonds. The average molecular weight is 354 g/mol. The zero-order valence-corrected chi connectivity index (χ0v) is 15.6. The van der Waals surface area contributed by atoms with Gasteiger partial charge in [-0.2, -0.15) is 0 Å². The fourth-order valence-corrected chi connectivity index (χ4v) is 3.71. The van der Waals surface area contributed by atoms with Crippen LogP contribution in [0.25, 0.3) is 0 Å². The largest absolute Gasteiger partial charge is 0.352 e. The molecule has 4 nitrogen and oxygen atoms in total. The van der Waals surface area contributed by atoms with E-state index in [4.69, 9.17) is 5.73 Å². The molecule has 0 spiro atoms. The molecule has 1 heterocycles.